The maximum absolute atomic E-state index is 14.0. The second kappa shape index (κ2) is 13.7. The summed E-state index contributed by atoms with van der Waals surface area (Å²) in [4.78, 5) is 34.8. The molecule has 2 aromatic carbocycles. The number of nitrogens with one attached hydrogen (secondary N) is 2. The molecule has 2 bridgehead atoms. The highest BCUT2D eigenvalue weighted by Gasteiger charge is 2.47. The van der Waals surface area contributed by atoms with E-state index in [1.165, 1.54) is 44.0 Å². The smallest absolute Gasteiger partial charge is 0.247 e. The summed E-state index contributed by atoms with van der Waals surface area (Å²) >= 11 is 0. The Hall–Kier alpha value is -4.33. The van der Waals surface area contributed by atoms with Crippen LogP contribution in [-0.2, 0) is 9.63 Å². The fourth-order valence-electron chi connectivity index (χ4n) is 7.81. The average Bonchev–Trinajstić information content (AvgIpc) is 3.59. The predicted octanol–water partition coefficient (Wildman–Crippen LogP) is 5.26. The van der Waals surface area contributed by atoms with Gasteiger partial charge in [0.25, 0.3) is 0 Å². The van der Waals surface area contributed by atoms with Crippen LogP contribution in [0.3, 0.4) is 0 Å². The number of likely N-dealkylation sites (N-methyl/N-ethyl adjacent to an activating group) is 1. The van der Waals surface area contributed by atoms with Gasteiger partial charge in [-0.15, -0.1) is 0 Å². The quantitative estimate of drug-likeness (QED) is 0.280. The van der Waals surface area contributed by atoms with Gasteiger partial charge in [0, 0.05) is 68.9 Å². The second-order valence-corrected chi connectivity index (χ2v) is 12.9. The lowest BCUT2D eigenvalue weighted by atomic mass is 9.83. The summed E-state index contributed by atoms with van der Waals surface area (Å²) < 4.78 is 33.9. The SMILES string of the molecule is C=CC(=O)Nc1cc(Nc2cc(N3OCC[C@@H]3c3cc(F)cc(F)c3)ncn2)c(OC)cc1N1CCC(N2C3CC2CN(CC)C3)CC1. The molecule has 4 aliphatic heterocycles. The van der Waals surface area contributed by atoms with Gasteiger partial charge in [-0.3, -0.25) is 14.5 Å². The first-order valence-corrected chi connectivity index (χ1v) is 16.7. The number of fused-ring (bicyclic) bond motifs is 2. The van der Waals surface area contributed by atoms with Crippen molar-refractivity contribution in [3.05, 3.63) is 72.6 Å². The molecule has 0 saturated carbocycles. The first-order chi connectivity index (χ1) is 23.3. The van der Waals surface area contributed by atoms with E-state index in [0.29, 0.717) is 65.5 Å². The Balaban J connectivity index is 1.10. The highest BCUT2D eigenvalue weighted by atomic mass is 19.1. The van der Waals surface area contributed by atoms with Crippen molar-refractivity contribution in [1.82, 2.24) is 19.8 Å². The summed E-state index contributed by atoms with van der Waals surface area (Å²) in [5.74, 6) is -0.176. The van der Waals surface area contributed by atoms with Crippen molar-refractivity contribution in [2.45, 2.75) is 56.8 Å². The fourth-order valence-corrected chi connectivity index (χ4v) is 7.81. The van der Waals surface area contributed by atoms with Crippen molar-refractivity contribution < 1.29 is 23.1 Å². The monoisotopic (exact) mass is 660 g/mol. The van der Waals surface area contributed by atoms with Crippen molar-refractivity contribution in [1.29, 1.82) is 0 Å². The van der Waals surface area contributed by atoms with Crippen molar-refractivity contribution in [3.63, 3.8) is 0 Å². The molecule has 0 aliphatic carbocycles. The van der Waals surface area contributed by atoms with E-state index in [1.807, 2.05) is 12.1 Å². The number of likely N-dealkylation sites (tertiary alicyclic amines) is 2. The Kier molecular flexibility index (Phi) is 9.17. The molecule has 1 aromatic heterocycles. The number of nitrogens with zero attached hydrogens (tertiary/aromatic N) is 6. The van der Waals surface area contributed by atoms with Crippen molar-refractivity contribution in [2.75, 3.05) is 67.0 Å². The first kappa shape index (κ1) is 32.2. The molecule has 1 amide bonds. The zero-order valence-corrected chi connectivity index (χ0v) is 27.4. The van der Waals surface area contributed by atoms with Gasteiger partial charge in [-0.25, -0.2) is 23.8 Å². The van der Waals surface area contributed by atoms with E-state index in [0.717, 1.165) is 44.2 Å². The number of anilines is 5. The van der Waals surface area contributed by atoms with E-state index in [2.05, 4.69) is 48.8 Å². The van der Waals surface area contributed by atoms with Crippen LogP contribution in [0.1, 0.15) is 44.2 Å². The summed E-state index contributed by atoms with van der Waals surface area (Å²) in [6.45, 7) is 11.4. The minimum absolute atomic E-state index is 0.313. The molecule has 4 fully saturated rings. The normalized spacial score (nSPS) is 23.1. The molecule has 11 nitrogen and oxygen atoms in total. The van der Waals surface area contributed by atoms with Crippen LogP contribution in [0.5, 0.6) is 5.75 Å². The molecule has 3 atom stereocenters. The minimum Gasteiger partial charge on any atom is -0.494 e. The maximum Gasteiger partial charge on any atom is 0.247 e. The minimum atomic E-state index is -0.650. The number of carbonyl (C=O) groups is 1. The molecule has 3 aromatic rings. The fraction of sp³-hybridized carbons (Fsp3) is 0.457. The van der Waals surface area contributed by atoms with E-state index in [4.69, 9.17) is 9.57 Å². The van der Waals surface area contributed by atoms with Crippen LogP contribution in [0.25, 0.3) is 0 Å². The van der Waals surface area contributed by atoms with Gasteiger partial charge in [0.15, 0.2) is 5.82 Å². The molecular formula is C35H42F2N8O3. The molecule has 4 saturated heterocycles. The summed E-state index contributed by atoms with van der Waals surface area (Å²) in [6, 6.07) is 10.4. The lowest BCUT2D eigenvalue weighted by Gasteiger charge is -2.60. The Morgan fingerprint density at radius 1 is 1.02 bits per heavy atom. The topological polar surface area (TPSA) is 98.3 Å². The molecule has 4 aliphatic rings. The van der Waals surface area contributed by atoms with E-state index in [-0.39, 0.29) is 5.91 Å². The zero-order valence-electron chi connectivity index (χ0n) is 27.4. The third-order valence-electron chi connectivity index (χ3n) is 10.1. The molecular weight excluding hydrogens is 618 g/mol. The predicted molar refractivity (Wildman–Crippen MR) is 181 cm³/mol. The molecule has 0 radical (unpaired) electrons. The summed E-state index contributed by atoms with van der Waals surface area (Å²) in [6.07, 6.45) is 6.60. The van der Waals surface area contributed by atoms with Gasteiger partial charge in [0.2, 0.25) is 5.91 Å². The van der Waals surface area contributed by atoms with Crippen LogP contribution in [0.2, 0.25) is 0 Å². The number of hydroxylamine groups is 1. The molecule has 5 heterocycles. The summed E-state index contributed by atoms with van der Waals surface area (Å²) in [5.41, 5.74) is 2.55. The van der Waals surface area contributed by atoms with Gasteiger partial charge in [-0.2, -0.15) is 0 Å². The summed E-state index contributed by atoms with van der Waals surface area (Å²) in [5, 5.41) is 7.85. The first-order valence-electron chi connectivity index (χ1n) is 16.7. The number of piperidine rings is 2. The molecule has 7 rings (SSSR count). The number of hydrogen-bond acceptors (Lipinski definition) is 10. The van der Waals surface area contributed by atoms with Crippen LogP contribution in [-0.4, -0.2) is 90.2 Å². The zero-order chi connectivity index (χ0) is 33.4. The number of ether oxygens (including phenoxy) is 1. The Bertz CT molecular complexity index is 1640. The molecule has 13 heteroatoms. The highest BCUT2D eigenvalue weighted by molar-refractivity contribution is 6.02. The van der Waals surface area contributed by atoms with Gasteiger partial charge in [0.05, 0.1) is 36.8 Å². The van der Waals surface area contributed by atoms with Crippen LogP contribution in [0.4, 0.5) is 37.5 Å². The van der Waals surface area contributed by atoms with Gasteiger partial charge in [-0.1, -0.05) is 13.5 Å². The number of carbonyl (C=O) groups excluding carboxylic acids is 1. The number of methoxy groups -OCH3 is 1. The van der Waals surface area contributed by atoms with Crippen LogP contribution in [0, 0.1) is 11.6 Å². The molecule has 0 spiro atoms. The van der Waals surface area contributed by atoms with Crippen molar-refractivity contribution in [3.8, 4) is 5.75 Å². The number of amides is 1. The second-order valence-electron chi connectivity index (χ2n) is 12.9. The van der Waals surface area contributed by atoms with Crippen molar-refractivity contribution >= 4 is 34.6 Å². The van der Waals surface area contributed by atoms with E-state index in [9.17, 15) is 13.6 Å². The number of piperazine rings is 1. The summed E-state index contributed by atoms with van der Waals surface area (Å²) in [7, 11) is 1.60. The molecule has 254 valence electrons. The number of halogens is 2. The highest BCUT2D eigenvalue weighted by Crippen LogP contribution is 2.42. The maximum atomic E-state index is 14.0. The Labute approximate surface area is 279 Å². The third kappa shape index (κ3) is 6.41. The van der Waals surface area contributed by atoms with E-state index >= 15 is 0 Å². The number of rotatable bonds is 10. The number of hydrogen-bond donors (Lipinski definition) is 2. The number of aromatic nitrogens is 2. The average molecular weight is 661 g/mol. The Morgan fingerprint density at radius 3 is 2.46 bits per heavy atom. The van der Waals surface area contributed by atoms with Crippen LogP contribution in [0.15, 0.2) is 55.4 Å². The molecule has 2 unspecified atom stereocenters. The van der Waals surface area contributed by atoms with Gasteiger partial charge in [0.1, 0.15) is 29.5 Å². The lowest BCUT2D eigenvalue weighted by molar-refractivity contribution is -0.111. The number of benzene rings is 2. The van der Waals surface area contributed by atoms with E-state index in [1.54, 1.807) is 18.2 Å². The molecule has 48 heavy (non-hydrogen) atoms. The van der Waals surface area contributed by atoms with Crippen LogP contribution >= 0.6 is 0 Å². The largest absolute Gasteiger partial charge is 0.494 e. The van der Waals surface area contributed by atoms with Gasteiger partial charge in [-0.05, 0) is 55.6 Å². The molecule has 2 N–H and O–H groups in total. The van der Waals surface area contributed by atoms with Gasteiger partial charge < -0.3 is 25.2 Å². The standard InChI is InChI=1S/C35H42F2N8O3/c1-4-35(46)41-28-16-29(40-33-18-34(39-21-38-33)45-30(8-11-48-45)22-12-23(36)14-24(37)13-22)32(47-3)17-31(28)43-9-6-25(7-10-43)44-26-15-27(44)20-42(5-2)19-26/h4,12-14,16-18,21,25-27,30H,1,5-11,15,19-20H2,2-3H3,(H,41,46)(H,38,39,40)/t26?,27?,30-/m1/s1. The van der Waals surface area contributed by atoms with Crippen LogP contribution < -0.4 is 25.3 Å². The Morgan fingerprint density at radius 2 is 1.77 bits per heavy atom. The van der Waals surface area contributed by atoms with Crippen molar-refractivity contribution in [2.24, 2.45) is 0 Å². The van der Waals surface area contributed by atoms with E-state index < -0.39 is 17.7 Å². The van der Waals surface area contributed by atoms with Gasteiger partial charge >= 0.3 is 0 Å². The third-order valence-corrected chi connectivity index (χ3v) is 10.1. The lowest BCUT2D eigenvalue weighted by Crippen LogP contribution is -2.71.